The van der Waals surface area contributed by atoms with Crippen molar-refractivity contribution in [2.24, 2.45) is 17.8 Å². The molecule has 0 saturated carbocycles. The summed E-state index contributed by atoms with van der Waals surface area (Å²) in [5, 5.41) is 0.567. The predicted octanol–water partition coefficient (Wildman–Crippen LogP) is 4.14. The van der Waals surface area contributed by atoms with Gasteiger partial charge in [0.15, 0.2) is 0 Å². The maximum absolute atomic E-state index is 12.9. The highest BCUT2D eigenvalue weighted by molar-refractivity contribution is 6.30. The highest BCUT2D eigenvalue weighted by Crippen LogP contribution is 2.40. The number of imide groups is 1. The maximum atomic E-state index is 12.9. The van der Waals surface area contributed by atoms with Crippen molar-refractivity contribution in [3.05, 3.63) is 65.2 Å². The van der Waals surface area contributed by atoms with Crippen LogP contribution in [0.4, 0.5) is 11.4 Å². The second-order valence-electron chi connectivity index (χ2n) is 9.01. The van der Waals surface area contributed by atoms with Gasteiger partial charge in [-0.15, -0.1) is 0 Å². The topological polar surface area (TPSA) is 84.0 Å². The summed E-state index contributed by atoms with van der Waals surface area (Å²) < 4.78 is 5.49. The Morgan fingerprint density at radius 2 is 1.56 bits per heavy atom. The first-order chi connectivity index (χ1) is 16.3. The number of hydrogen-bond donors (Lipinski definition) is 0. The van der Waals surface area contributed by atoms with Crippen LogP contribution in [0.5, 0.6) is 5.75 Å². The largest absolute Gasteiger partial charge is 0.426 e. The van der Waals surface area contributed by atoms with Gasteiger partial charge in [0, 0.05) is 23.7 Å². The van der Waals surface area contributed by atoms with E-state index in [1.807, 2.05) is 13.0 Å². The Balaban J connectivity index is 1.24. The van der Waals surface area contributed by atoms with Crippen LogP contribution in [0.3, 0.4) is 0 Å². The van der Waals surface area contributed by atoms with Gasteiger partial charge in [0.2, 0.25) is 17.7 Å². The van der Waals surface area contributed by atoms with E-state index in [0.29, 0.717) is 35.0 Å². The van der Waals surface area contributed by atoms with Gasteiger partial charge in [-0.2, -0.15) is 0 Å². The Morgan fingerprint density at radius 1 is 0.912 bits per heavy atom. The second-order valence-corrected chi connectivity index (χ2v) is 9.45. The Kier molecular flexibility index (Phi) is 5.73. The van der Waals surface area contributed by atoms with Gasteiger partial charge in [-0.05, 0) is 68.3 Å². The van der Waals surface area contributed by atoms with Crippen LogP contribution in [0, 0.1) is 17.8 Å². The fraction of sp³-hybridized carbons (Fsp3) is 0.308. The molecule has 3 aliphatic rings. The molecule has 2 heterocycles. The summed E-state index contributed by atoms with van der Waals surface area (Å²) in [5.41, 5.74) is 2.28. The first-order valence-electron chi connectivity index (χ1n) is 11.2. The van der Waals surface area contributed by atoms with Gasteiger partial charge < -0.3 is 9.64 Å². The predicted molar refractivity (Wildman–Crippen MR) is 126 cm³/mol. The lowest BCUT2D eigenvalue weighted by Crippen LogP contribution is -2.30. The number of benzene rings is 2. The summed E-state index contributed by atoms with van der Waals surface area (Å²) in [6.07, 6.45) is 3.28. The van der Waals surface area contributed by atoms with Crippen LogP contribution in [-0.2, 0) is 19.2 Å². The van der Waals surface area contributed by atoms with E-state index in [-0.39, 0.29) is 42.5 Å². The molecule has 2 fully saturated rings. The number of nitrogens with zero attached hydrogens (tertiary/aromatic N) is 2. The fourth-order valence-corrected chi connectivity index (χ4v) is 5.02. The molecular formula is C26H23ClN2O5. The molecule has 0 unspecified atom stereocenters. The van der Waals surface area contributed by atoms with Gasteiger partial charge in [-0.25, -0.2) is 0 Å². The second kappa shape index (κ2) is 8.72. The van der Waals surface area contributed by atoms with Crippen molar-refractivity contribution in [3.63, 3.8) is 0 Å². The highest BCUT2D eigenvalue weighted by atomic mass is 35.5. The molecule has 2 saturated heterocycles. The molecule has 0 N–H and O–H groups in total. The average molecular weight is 479 g/mol. The number of halogens is 1. The summed E-state index contributed by atoms with van der Waals surface area (Å²) in [6, 6.07) is 13.2. The van der Waals surface area contributed by atoms with E-state index >= 15 is 0 Å². The molecule has 3 amide bonds. The zero-order chi connectivity index (χ0) is 24.0. The van der Waals surface area contributed by atoms with E-state index in [9.17, 15) is 19.2 Å². The SMILES string of the molecule is CC1=CC[C@@H]2C(=O)N(c3ccc(OC(=O)[C@@H]4CC(=O)N(c5ccc(Cl)cc5)C4)cc3)C(=O)[C@H]2C1. The van der Waals surface area contributed by atoms with Gasteiger partial charge in [0.25, 0.3) is 0 Å². The van der Waals surface area contributed by atoms with E-state index < -0.39 is 11.9 Å². The minimum absolute atomic E-state index is 0.0621. The number of hydrogen-bond acceptors (Lipinski definition) is 5. The van der Waals surface area contributed by atoms with Crippen LogP contribution in [0.25, 0.3) is 0 Å². The molecule has 0 bridgehead atoms. The quantitative estimate of drug-likeness (QED) is 0.285. The van der Waals surface area contributed by atoms with Crippen molar-refractivity contribution in [2.45, 2.75) is 26.2 Å². The first-order valence-corrected chi connectivity index (χ1v) is 11.6. The number of ether oxygens (including phenoxy) is 1. The molecule has 2 aromatic carbocycles. The zero-order valence-electron chi connectivity index (χ0n) is 18.6. The lowest BCUT2D eigenvalue weighted by Gasteiger charge is -2.18. The molecule has 1 aliphatic carbocycles. The first kappa shape index (κ1) is 22.3. The van der Waals surface area contributed by atoms with Gasteiger partial charge in [-0.1, -0.05) is 23.3 Å². The average Bonchev–Trinajstić information content (AvgIpc) is 3.32. The molecule has 0 spiro atoms. The van der Waals surface area contributed by atoms with Gasteiger partial charge in [-0.3, -0.25) is 24.1 Å². The van der Waals surface area contributed by atoms with E-state index in [1.54, 1.807) is 53.4 Å². The molecule has 0 radical (unpaired) electrons. The summed E-state index contributed by atoms with van der Waals surface area (Å²) in [7, 11) is 0. The molecule has 0 aromatic heterocycles. The normalized spacial score (nSPS) is 24.4. The number of carbonyl (C=O) groups excluding carboxylic acids is 4. The van der Waals surface area contributed by atoms with Crippen molar-refractivity contribution in [1.29, 1.82) is 0 Å². The Hall–Kier alpha value is -3.45. The standard InChI is InChI=1S/C26H23ClN2O5/c1-15-2-11-21-22(12-15)25(32)29(24(21)31)19-7-9-20(10-8-19)34-26(33)16-13-23(30)28(14-16)18-5-3-17(27)4-6-18/h2-10,16,21-22H,11-14H2,1H3/t16-,21+,22+/m1/s1. The van der Waals surface area contributed by atoms with Crippen molar-refractivity contribution in [1.82, 2.24) is 0 Å². The lowest BCUT2D eigenvalue weighted by atomic mass is 9.82. The molecule has 2 aromatic rings. The number of carbonyl (C=O) groups is 4. The smallest absolute Gasteiger partial charge is 0.316 e. The highest BCUT2D eigenvalue weighted by Gasteiger charge is 2.48. The minimum Gasteiger partial charge on any atom is -0.426 e. The molecule has 7 nitrogen and oxygen atoms in total. The van der Waals surface area contributed by atoms with Crippen molar-refractivity contribution in [3.8, 4) is 5.75 Å². The molecule has 34 heavy (non-hydrogen) atoms. The Morgan fingerprint density at radius 3 is 2.26 bits per heavy atom. The summed E-state index contributed by atoms with van der Waals surface area (Å²) in [4.78, 5) is 53.6. The van der Waals surface area contributed by atoms with Crippen LogP contribution in [0.15, 0.2) is 60.2 Å². The maximum Gasteiger partial charge on any atom is 0.316 e. The third-order valence-electron chi connectivity index (χ3n) is 6.73. The van der Waals surface area contributed by atoms with Gasteiger partial charge in [0.05, 0.1) is 23.4 Å². The minimum atomic E-state index is -0.594. The lowest BCUT2D eigenvalue weighted by molar-refractivity contribution is -0.139. The van der Waals surface area contributed by atoms with Crippen molar-refractivity contribution < 1.29 is 23.9 Å². The Labute approximate surface area is 201 Å². The molecule has 2 aliphatic heterocycles. The third kappa shape index (κ3) is 4.01. The third-order valence-corrected chi connectivity index (χ3v) is 6.99. The van der Waals surface area contributed by atoms with E-state index in [0.717, 1.165) is 5.57 Å². The number of anilines is 2. The number of fused-ring (bicyclic) bond motifs is 1. The van der Waals surface area contributed by atoms with Crippen LogP contribution in [-0.4, -0.2) is 30.2 Å². The van der Waals surface area contributed by atoms with Crippen molar-refractivity contribution in [2.75, 3.05) is 16.3 Å². The number of allylic oxidation sites excluding steroid dienone is 2. The van der Waals surface area contributed by atoms with Crippen molar-refractivity contribution >= 4 is 46.7 Å². The van der Waals surface area contributed by atoms with Crippen LogP contribution in [0.2, 0.25) is 5.02 Å². The van der Waals surface area contributed by atoms with E-state index in [2.05, 4.69) is 0 Å². The van der Waals surface area contributed by atoms with Crippen LogP contribution < -0.4 is 14.5 Å². The molecule has 174 valence electrons. The molecule has 3 atom stereocenters. The van der Waals surface area contributed by atoms with Crippen LogP contribution in [0.1, 0.15) is 26.2 Å². The van der Waals surface area contributed by atoms with Crippen LogP contribution >= 0.6 is 11.6 Å². The summed E-state index contributed by atoms with van der Waals surface area (Å²) in [6.45, 7) is 2.21. The molecular weight excluding hydrogens is 456 g/mol. The zero-order valence-corrected chi connectivity index (χ0v) is 19.3. The van der Waals surface area contributed by atoms with E-state index in [1.165, 1.54) is 4.90 Å². The molecule has 5 rings (SSSR count). The Bertz CT molecular complexity index is 1200. The number of esters is 1. The summed E-state index contributed by atoms with van der Waals surface area (Å²) >= 11 is 5.91. The molecule has 8 heteroatoms. The summed E-state index contributed by atoms with van der Waals surface area (Å²) in [5.74, 6) is -1.94. The monoisotopic (exact) mass is 478 g/mol. The van der Waals surface area contributed by atoms with E-state index in [4.69, 9.17) is 16.3 Å². The van der Waals surface area contributed by atoms with Gasteiger partial charge in [0.1, 0.15) is 5.75 Å². The number of amides is 3. The fourth-order valence-electron chi connectivity index (χ4n) is 4.89. The van der Waals surface area contributed by atoms with Gasteiger partial charge >= 0.3 is 5.97 Å². The number of rotatable bonds is 4.